The molecule has 5 heteroatoms. The van der Waals surface area contributed by atoms with Crippen molar-refractivity contribution in [1.82, 2.24) is 5.16 Å². The molecular weight excluding hydrogens is 284 g/mol. The van der Waals surface area contributed by atoms with Crippen molar-refractivity contribution in [3.05, 3.63) is 28.2 Å². The normalized spacial score (nSPS) is 10.5. The molecule has 0 radical (unpaired) electrons. The van der Waals surface area contributed by atoms with Crippen LogP contribution in [0.3, 0.4) is 0 Å². The highest BCUT2D eigenvalue weighted by Gasteiger charge is 2.14. The van der Waals surface area contributed by atoms with Crippen molar-refractivity contribution in [3.63, 3.8) is 0 Å². The van der Waals surface area contributed by atoms with E-state index in [1.165, 1.54) is 0 Å². The predicted octanol–water partition coefficient (Wildman–Crippen LogP) is 3.26. The fourth-order valence-corrected chi connectivity index (χ4v) is 2.24. The first-order valence-corrected chi connectivity index (χ1v) is 6.04. The standard InChI is InChI=1S/C12H13BrN2O2/c1-3-8-11(15-17-12(8)14)7-4-5-10(16-2)9(13)6-7/h4-6H,3,14H2,1-2H3. The van der Waals surface area contributed by atoms with Gasteiger partial charge in [0, 0.05) is 11.1 Å². The van der Waals surface area contributed by atoms with Crippen molar-refractivity contribution in [2.75, 3.05) is 12.8 Å². The van der Waals surface area contributed by atoms with Crippen LogP contribution in [0.25, 0.3) is 11.3 Å². The van der Waals surface area contributed by atoms with Gasteiger partial charge in [0.05, 0.1) is 11.6 Å². The molecule has 0 aliphatic rings. The van der Waals surface area contributed by atoms with Gasteiger partial charge in [0.2, 0.25) is 5.88 Å². The van der Waals surface area contributed by atoms with Gasteiger partial charge in [-0.15, -0.1) is 0 Å². The summed E-state index contributed by atoms with van der Waals surface area (Å²) in [6.45, 7) is 2.02. The summed E-state index contributed by atoms with van der Waals surface area (Å²) >= 11 is 3.44. The Labute approximate surface area is 108 Å². The number of nitrogen functional groups attached to an aromatic ring is 1. The molecule has 1 aromatic carbocycles. The zero-order valence-corrected chi connectivity index (χ0v) is 11.2. The first kappa shape index (κ1) is 12.0. The molecule has 0 aliphatic heterocycles. The van der Waals surface area contributed by atoms with E-state index in [2.05, 4.69) is 21.1 Å². The number of aromatic nitrogens is 1. The fourth-order valence-electron chi connectivity index (χ4n) is 1.70. The molecule has 4 nitrogen and oxygen atoms in total. The molecule has 0 aliphatic carbocycles. The third kappa shape index (κ3) is 2.15. The first-order chi connectivity index (χ1) is 8.17. The molecule has 90 valence electrons. The van der Waals surface area contributed by atoms with Crippen LogP contribution in [0.15, 0.2) is 27.2 Å². The van der Waals surface area contributed by atoms with Gasteiger partial charge in [0.25, 0.3) is 0 Å². The molecule has 0 saturated heterocycles. The van der Waals surface area contributed by atoms with E-state index >= 15 is 0 Å². The summed E-state index contributed by atoms with van der Waals surface area (Å²) in [6, 6.07) is 5.75. The molecule has 0 saturated carbocycles. The van der Waals surface area contributed by atoms with Gasteiger partial charge in [-0.3, -0.25) is 0 Å². The summed E-state index contributed by atoms with van der Waals surface area (Å²) in [7, 11) is 1.63. The minimum atomic E-state index is 0.384. The SMILES string of the molecule is CCc1c(-c2ccc(OC)c(Br)c2)noc1N. The van der Waals surface area contributed by atoms with E-state index < -0.39 is 0 Å². The molecule has 0 spiro atoms. The lowest BCUT2D eigenvalue weighted by atomic mass is 10.1. The van der Waals surface area contributed by atoms with E-state index in [9.17, 15) is 0 Å². The Hall–Kier alpha value is -1.49. The number of nitrogens with two attached hydrogens (primary N) is 1. The Balaban J connectivity index is 2.49. The van der Waals surface area contributed by atoms with Crippen LogP contribution in [-0.2, 0) is 6.42 Å². The van der Waals surface area contributed by atoms with Gasteiger partial charge in [-0.05, 0) is 40.5 Å². The van der Waals surface area contributed by atoms with Gasteiger partial charge in [0.15, 0.2) is 0 Å². The van der Waals surface area contributed by atoms with Crippen LogP contribution < -0.4 is 10.5 Å². The summed E-state index contributed by atoms with van der Waals surface area (Å²) < 4.78 is 11.1. The Bertz CT molecular complexity index is 537. The van der Waals surface area contributed by atoms with E-state index in [1.807, 2.05) is 25.1 Å². The van der Waals surface area contributed by atoms with Crippen LogP contribution >= 0.6 is 15.9 Å². The molecule has 0 bridgehead atoms. The van der Waals surface area contributed by atoms with Crippen LogP contribution in [0.1, 0.15) is 12.5 Å². The molecule has 0 unspecified atom stereocenters. The van der Waals surface area contributed by atoms with Gasteiger partial charge in [0.1, 0.15) is 11.4 Å². The summed E-state index contributed by atoms with van der Waals surface area (Å²) in [5, 5.41) is 3.99. The second kappa shape index (κ2) is 4.79. The molecule has 1 heterocycles. The van der Waals surface area contributed by atoms with E-state index in [-0.39, 0.29) is 0 Å². The maximum Gasteiger partial charge on any atom is 0.225 e. The van der Waals surface area contributed by atoms with Crippen LogP contribution in [-0.4, -0.2) is 12.3 Å². The smallest absolute Gasteiger partial charge is 0.225 e. The Morgan fingerprint density at radius 1 is 1.47 bits per heavy atom. The molecule has 2 aromatic rings. The number of halogens is 1. The topological polar surface area (TPSA) is 61.3 Å². The molecular formula is C12H13BrN2O2. The van der Waals surface area contributed by atoms with Crippen molar-refractivity contribution in [2.24, 2.45) is 0 Å². The quantitative estimate of drug-likeness (QED) is 0.944. The highest BCUT2D eigenvalue weighted by molar-refractivity contribution is 9.10. The molecule has 0 atom stereocenters. The molecule has 2 N–H and O–H groups in total. The largest absolute Gasteiger partial charge is 0.496 e. The van der Waals surface area contributed by atoms with Gasteiger partial charge < -0.3 is 15.0 Å². The van der Waals surface area contributed by atoms with Crippen LogP contribution in [0.5, 0.6) is 5.75 Å². The summed E-state index contributed by atoms with van der Waals surface area (Å²) in [4.78, 5) is 0. The third-order valence-corrected chi connectivity index (χ3v) is 3.22. The highest BCUT2D eigenvalue weighted by atomic mass is 79.9. The number of hydrogen-bond acceptors (Lipinski definition) is 4. The highest BCUT2D eigenvalue weighted by Crippen LogP contribution is 2.33. The number of rotatable bonds is 3. The van der Waals surface area contributed by atoms with Crippen molar-refractivity contribution in [3.8, 4) is 17.0 Å². The molecule has 0 fully saturated rings. The zero-order chi connectivity index (χ0) is 12.4. The molecule has 0 amide bonds. The third-order valence-electron chi connectivity index (χ3n) is 2.60. The minimum absolute atomic E-state index is 0.384. The lowest BCUT2D eigenvalue weighted by molar-refractivity contribution is 0.412. The average molecular weight is 297 g/mol. The second-order valence-electron chi connectivity index (χ2n) is 3.58. The molecule has 17 heavy (non-hydrogen) atoms. The monoisotopic (exact) mass is 296 g/mol. The maximum atomic E-state index is 5.72. The zero-order valence-electron chi connectivity index (χ0n) is 9.66. The maximum absolute atomic E-state index is 5.72. The summed E-state index contributed by atoms with van der Waals surface area (Å²) in [5.74, 6) is 1.16. The van der Waals surface area contributed by atoms with Crippen LogP contribution in [0.4, 0.5) is 5.88 Å². The van der Waals surface area contributed by atoms with Crippen molar-refractivity contribution >= 4 is 21.8 Å². The van der Waals surface area contributed by atoms with E-state index in [0.29, 0.717) is 5.88 Å². The van der Waals surface area contributed by atoms with Gasteiger partial charge >= 0.3 is 0 Å². The number of benzene rings is 1. The van der Waals surface area contributed by atoms with Crippen molar-refractivity contribution in [1.29, 1.82) is 0 Å². The van der Waals surface area contributed by atoms with E-state index in [4.69, 9.17) is 15.0 Å². The van der Waals surface area contributed by atoms with Gasteiger partial charge in [-0.1, -0.05) is 12.1 Å². The number of hydrogen-bond donors (Lipinski definition) is 1. The second-order valence-corrected chi connectivity index (χ2v) is 4.43. The average Bonchev–Trinajstić information content (AvgIpc) is 2.70. The van der Waals surface area contributed by atoms with E-state index in [0.717, 1.165) is 33.5 Å². The van der Waals surface area contributed by atoms with Crippen LogP contribution in [0, 0.1) is 0 Å². The number of ether oxygens (including phenoxy) is 1. The predicted molar refractivity (Wildman–Crippen MR) is 70.0 cm³/mol. The van der Waals surface area contributed by atoms with Gasteiger partial charge in [-0.25, -0.2) is 0 Å². The molecule has 2 rings (SSSR count). The van der Waals surface area contributed by atoms with E-state index in [1.54, 1.807) is 7.11 Å². The number of nitrogens with zero attached hydrogens (tertiary/aromatic N) is 1. The lowest BCUT2D eigenvalue weighted by Gasteiger charge is -2.05. The van der Waals surface area contributed by atoms with Crippen molar-refractivity contribution < 1.29 is 9.26 Å². The molecule has 1 aromatic heterocycles. The Morgan fingerprint density at radius 2 is 2.24 bits per heavy atom. The summed E-state index contributed by atoms with van der Waals surface area (Å²) in [5.41, 5.74) is 8.39. The number of anilines is 1. The van der Waals surface area contributed by atoms with Crippen LogP contribution in [0.2, 0.25) is 0 Å². The Kier molecular flexibility index (Phi) is 3.38. The first-order valence-electron chi connectivity index (χ1n) is 5.25. The van der Waals surface area contributed by atoms with Gasteiger partial charge in [-0.2, -0.15) is 0 Å². The van der Waals surface area contributed by atoms with Crippen molar-refractivity contribution in [2.45, 2.75) is 13.3 Å². The minimum Gasteiger partial charge on any atom is -0.496 e. The fraction of sp³-hybridized carbons (Fsp3) is 0.250. The summed E-state index contributed by atoms with van der Waals surface area (Å²) in [6.07, 6.45) is 0.786. The lowest BCUT2D eigenvalue weighted by Crippen LogP contribution is -1.91. The number of methoxy groups -OCH3 is 1. The Morgan fingerprint density at radius 3 is 2.82 bits per heavy atom.